The minimum Gasteiger partial charge on any atom is -0.258 e. The zero-order chi connectivity index (χ0) is 9.84. The molecule has 0 spiro atoms. The van der Waals surface area contributed by atoms with Gasteiger partial charge in [-0.3, -0.25) is 10.1 Å². The molecule has 0 aromatic heterocycles. The Morgan fingerprint density at radius 1 is 1.62 bits per heavy atom. The van der Waals surface area contributed by atoms with Gasteiger partial charge in [0.2, 0.25) is 0 Å². The average molecular weight is 176 g/mol. The van der Waals surface area contributed by atoms with E-state index >= 15 is 0 Å². The molecule has 1 aromatic carbocycles. The summed E-state index contributed by atoms with van der Waals surface area (Å²) in [5.41, 5.74) is 0.947. The Bertz CT molecular complexity index is 333. The van der Waals surface area contributed by atoms with Crippen LogP contribution >= 0.6 is 0 Å². The first kappa shape index (κ1) is 9.45. The van der Waals surface area contributed by atoms with Crippen LogP contribution in [-0.2, 0) is 0 Å². The third-order valence-corrected chi connectivity index (χ3v) is 1.82. The lowest BCUT2D eigenvalue weighted by molar-refractivity contribution is -0.384. The van der Waals surface area contributed by atoms with E-state index < -0.39 is 4.92 Å². The smallest absolute Gasteiger partial charge is 0.258 e. The summed E-state index contributed by atoms with van der Waals surface area (Å²) in [6, 6.07) is 6.50. The second-order valence-corrected chi connectivity index (χ2v) is 2.69. The van der Waals surface area contributed by atoms with E-state index in [9.17, 15) is 10.1 Å². The molecule has 0 aliphatic rings. The number of non-ortho nitro benzene ring substituents is 1. The first-order valence-corrected chi connectivity index (χ1v) is 3.86. The largest absolute Gasteiger partial charge is 0.269 e. The Morgan fingerprint density at radius 2 is 2.31 bits per heavy atom. The maximum atomic E-state index is 10.4. The van der Waals surface area contributed by atoms with Gasteiger partial charge in [0.15, 0.2) is 0 Å². The fourth-order valence-corrected chi connectivity index (χ4v) is 0.983. The number of benzene rings is 1. The second kappa shape index (κ2) is 3.85. The van der Waals surface area contributed by atoms with Crippen LogP contribution in [0.25, 0.3) is 0 Å². The molecule has 13 heavy (non-hydrogen) atoms. The van der Waals surface area contributed by atoms with Crippen LogP contribution in [0.15, 0.2) is 36.9 Å². The molecular formula is C10H10NO2. The number of nitrogens with zero attached hydrogens (tertiary/aromatic N) is 1. The van der Waals surface area contributed by atoms with Crippen LogP contribution in [0.1, 0.15) is 12.5 Å². The lowest BCUT2D eigenvalue weighted by atomic mass is 10.0. The summed E-state index contributed by atoms with van der Waals surface area (Å²) in [6.07, 6.45) is 1.68. The third-order valence-electron chi connectivity index (χ3n) is 1.82. The highest BCUT2D eigenvalue weighted by Gasteiger charge is 2.08. The minimum atomic E-state index is -0.403. The Labute approximate surface area is 76.9 Å². The van der Waals surface area contributed by atoms with Crippen LogP contribution in [0.3, 0.4) is 0 Å². The molecule has 0 amide bonds. The molecule has 0 bridgehead atoms. The monoisotopic (exact) mass is 176 g/mol. The van der Waals surface area contributed by atoms with Crippen molar-refractivity contribution in [3.8, 4) is 0 Å². The number of nitro benzene ring substituents is 1. The third kappa shape index (κ3) is 2.15. The van der Waals surface area contributed by atoms with E-state index in [1.165, 1.54) is 12.1 Å². The van der Waals surface area contributed by atoms with Crippen molar-refractivity contribution in [1.82, 2.24) is 0 Å². The topological polar surface area (TPSA) is 43.1 Å². The number of hydrogen-bond donors (Lipinski definition) is 0. The Balaban J connectivity index is 3.04. The molecule has 0 aliphatic heterocycles. The first-order chi connectivity index (χ1) is 6.15. The SMILES string of the molecule is C=C[C](C)c1cccc([N+](=O)[O-])c1. The molecule has 0 atom stereocenters. The predicted octanol–water partition coefficient (Wildman–Crippen LogP) is 2.72. The number of allylic oxidation sites excluding steroid dienone is 1. The molecule has 67 valence electrons. The quantitative estimate of drug-likeness (QED) is 0.525. The molecular weight excluding hydrogens is 166 g/mol. The Morgan fingerprint density at radius 3 is 2.85 bits per heavy atom. The highest BCUT2D eigenvalue weighted by atomic mass is 16.6. The molecule has 3 heteroatoms. The summed E-state index contributed by atoms with van der Waals surface area (Å²) >= 11 is 0. The summed E-state index contributed by atoms with van der Waals surface area (Å²) in [5.74, 6) is 0.934. The van der Waals surface area contributed by atoms with E-state index in [0.717, 1.165) is 11.5 Å². The van der Waals surface area contributed by atoms with E-state index in [1.54, 1.807) is 12.1 Å². The molecule has 1 aromatic rings. The number of nitro groups is 1. The van der Waals surface area contributed by atoms with Gasteiger partial charge in [0, 0.05) is 18.1 Å². The molecule has 0 saturated heterocycles. The molecule has 1 rings (SSSR count). The fraction of sp³-hybridized carbons (Fsp3) is 0.100. The van der Waals surface area contributed by atoms with Crippen LogP contribution in [0, 0.1) is 16.0 Å². The second-order valence-electron chi connectivity index (χ2n) is 2.69. The van der Waals surface area contributed by atoms with Crippen LogP contribution in [0.2, 0.25) is 0 Å². The van der Waals surface area contributed by atoms with Gasteiger partial charge in [-0.25, -0.2) is 0 Å². The van der Waals surface area contributed by atoms with E-state index in [-0.39, 0.29) is 5.69 Å². The molecule has 0 unspecified atom stereocenters. The van der Waals surface area contributed by atoms with Crippen molar-refractivity contribution in [2.24, 2.45) is 0 Å². The molecule has 1 radical (unpaired) electrons. The van der Waals surface area contributed by atoms with Gasteiger partial charge >= 0.3 is 0 Å². The minimum absolute atomic E-state index is 0.110. The summed E-state index contributed by atoms with van der Waals surface area (Å²) in [4.78, 5) is 10.0. The van der Waals surface area contributed by atoms with Gasteiger partial charge in [0.25, 0.3) is 5.69 Å². The van der Waals surface area contributed by atoms with Crippen LogP contribution < -0.4 is 0 Å². The van der Waals surface area contributed by atoms with Gasteiger partial charge in [-0.1, -0.05) is 25.1 Å². The van der Waals surface area contributed by atoms with Crippen LogP contribution in [-0.4, -0.2) is 4.92 Å². The van der Waals surface area contributed by atoms with Gasteiger partial charge in [-0.2, -0.15) is 0 Å². The summed E-state index contributed by atoms with van der Waals surface area (Å²) in [6.45, 7) is 5.47. The van der Waals surface area contributed by atoms with Crippen molar-refractivity contribution < 1.29 is 4.92 Å². The highest BCUT2D eigenvalue weighted by Crippen LogP contribution is 2.20. The average Bonchev–Trinajstić information content (AvgIpc) is 2.17. The van der Waals surface area contributed by atoms with E-state index in [0.29, 0.717) is 0 Å². The van der Waals surface area contributed by atoms with E-state index in [2.05, 4.69) is 6.58 Å². The summed E-state index contributed by atoms with van der Waals surface area (Å²) in [5, 5.41) is 10.4. The highest BCUT2D eigenvalue weighted by molar-refractivity contribution is 5.43. The van der Waals surface area contributed by atoms with Crippen LogP contribution in [0.5, 0.6) is 0 Å². The zero-order valence-corrected chi connectivity index (χ0v) is 7.36. The zero-order valence-electron chi connectivity index (χ0n) is 7.36. The maximum Gasteiger partial charge on any atom is 0.269 e. The number of rotatable bonds is 3. The van der Waals surface area contributed by atoms with Crippen molar-refractivity contribution in [2.75, 3.05) is 0 Å². The van der Waals surface area contributed by atoms with Gasteiger partial charge in [0.05, 0.1) is 4.92 Å². The first-order valence-electron chi connectivity index (χ1n) is 3.86. The summed E-state index contributed by atoms with van der Waals surface area (Å²) < 4.78 is 0. The van der Waals surface area contributed by atoms with Gasteiger partial charge < -0.3 is 0 Å². The molecule has 0 aliphatic carbocycles. The van der Waals surface area contributed by atoms with Crippen molar-refractivity contribution >= 4 is 5.69 Å². The van der Waals surface area contributed by atoms with Gasteiger partial charge in [-0.05, 0) is 5.56 Å². The fourth-order valence-electron chi connectivity index (χ4n) is 0.983. The van der Waals surface area contributed by atoms with Crippen LogP contribution in [0.4, 0.5) is 5.69 Å². The van der Waals surface area contributed by atoms with E-state index in [4.69, 9.17) is 0 Å². The molecule has 0 heterocycles. The van der Waals surface area contributed by atoms with Crippen molar-refractivity contribution in [1.29, 1.82) is 0 Å². The molecule has 0 saturated carbocycles. The summed E-state index contributed by atoms with van der Waals surface area (Å²) in [7, 11) is 0. The normalized spacial score (nSPS) is 10.0. The Hall–Kier alpha value is -1.64. The lowest BCUT2D eigenvalue weighted by Gasteiger charge is -2.03. The van der Waals surface area contributed by atoms with E-state index in [1.807, 2.05) is 13.0 Å². The molecule has 3 nitrogen and oxygen atoms in total. The molecule has 0 N–H and O–H groups in total. The number of hydrogen-bond acceptors (Lipinski definition) is 2. The standard InChI is InChI=1S/C10H10NO2/c1-3-8(2)9-5-4-6-10(7-9)11(12)13/h3-7H,1H2,2H3. The Kier molecular flexibility index (Phi) is 2.80. The van der Waals surface area contributed by atoms with Crippen molar-refractivity contribution in [2.45, 2.75) is 6.92 Å². The van der Waals surface area contributed by atoms with Crippen molar-refractivity contribution in [3.63, 3.8) is 0 Å². The van der Waals surface area contributed by atoms with Gasteiger partial charge in [0.1, 0.15) is 0 Å². The predicted molar refractivity (Wildman–Crippen MR) is 51.3 cm³/mol. The maximum absolute atomic E-state index is 10.4. The van der Waals surface area contributed by atoms with Gasteiger partial charge in [-0.15, -0.1) is 6.58 Å². The molecule has 0 fully saturated rings. The van der Waals surface area contributed by atoms with Crippen molar-refractivity contribution in [3.05, 3.63) is 58.5 Å². The lowest BCUT2D eigenvalue weighted by Crippen LogP contribution is -1.92.